The molecule has 1 aliphatic heterocycles. The average Bonchev–Trinajstić information content (AvgIpc) is 2.69. The zero-order valence-electron chi connectivity index (χ0n) is 14.5. The van der Waals surface area contributed by atoms with Gasteiger partial charge in [-0.25, -0.2) is 0 Å². The Kier molecular flexibility index (Phi) is 4.61. The fourth-order valence-corrected chi connectivity index (χ4v) is 3.30. The van der Waals surface area contributed by atoms with Crippen molar-refractivity contribution in [1.29, 1.82) is 0 Å². The zero-order valence-corrected chi connectivity index (χ0v) is 14.5. The number of nitrogens with zero attached hydrogens (tertiary/aromatic N) is 1. The van der Waals surface area contributed by atoms with E-state index in [1.807, 2.05) is 24.4 Å². The molecule has 3 heteroatoms. The van der Waals surface area contributed by atoms with Crippen molar-refractivity contribution in [2.45, 2.75) is 19.3 Å². The standard InChI is InChI=1S/C23H20N2O/c26-23-11-9-20-15-19(8-10-22(20)25-23)21(13-17-5-2-1-3-6-17)14-18-7-4-12-24-16-18/h1-8,10,12,14-16H,9,11,13H2,(H,25,26)/b21-14-. The number of aryl methyl sites for hydroxylation is 1. The number of hydrogen-bond donors (Lipinski definition) is 1. The summed E-state index contributed by atoms with van der Waals surface area (Å²) in [6.45, 7) is 0. The molecular weight excluding hydrogens is 320 g/mol. The van der Waals surface area contributed by atoms with Gasteiger partial charge in [-0.3, -0.25) is 9.78 Å². The van der Waals surface area contributed by atoms with Crippen LogP contribution in [-0.2, 0) is 17.6 Å². The second-order valence-electron chi connectivity index (χ2n) is 6.54. The van der Waals surface area contributed by atoms with Gasteiger partial charge in [0.1, 0.15) is 0 Å². The lowest BCUT2D eigenvalue weighted by Crippen LogP contribution is -2.18. The summed E-state index contributed by atoms with van der Waals surface area (Å²) < 4.78 is 0. The monoisotopic (exact) mass is 340 g/mol. The van der Waals surface area contributed by atoms with Crippen LogP contribution in [0, 0.1) is 0 Å². The molecule has 2 aromatic carbocycles. The van der Waals surface area contributed by atoms with E-state index < -0.39 is 0 Å². The van der Waals surface area contributed by atoms with E-state index in [1.165, 1.54) is 22.3 Å². The molecule has 3 nitrogen and oxygen atoms in total. The molecule has 26 heavy (non-hydrogen) atoms. The summed E-state index contributed by atoms with van der Waals surface area (Å²) in [4.78, 5) is 15.8. The number of benzene rings is 2. The summed E-state index contributed by atoms with van der Waals surface area (Å²) >= 11 is 0. The molecule has 0 atom stereocenters. The van der Waals surface area contributed by atoms with E-state index in [-0.39, 0.29) is 5.91 Å². The minimum atomic E-state index is 0.0978. The number of allylic oxidation sites excluding steroid dienone is 1. The van der Waals surface area contributed by atoms with Crippen molar-refractivity contribution in [3.8, 4) is 0 Å². The minimum Gasteiger partial charge on any atom is -0.326 e. The predicted molar refractivity (Wildman–Crippen MR) is 106 cm³/mol. The highest BCUT2D eigenvalue weighted by atomic mass is 16.1. The Labute approximate surface area is 153 Å². The fraction of sp³-hybridized carbons (Fsp3) is 0.130. The number of carbonyl (C=O) groups excluding carboxylic acids is 1. The van der Waals surface area contributed by atoms with Gasteiger partial charge in [0, 0.05) is 24.5 Å². The van der Waals surface area contributed by atoms with Crippen molar-refractivity contribution in [2.24, 2.45) is 0 Å². The lowest BCUT2D eigenvalue weighted by molar-refractivity contribution is -0.116. The summed E-state index contributed by atoms with van der Waals surface area (Å²) in [5.74, 6) is 0.0978. The lowest BCUT2D eigenvalue weighted by Gasteiger charge is -2.18. The van der Waals surface area contributed by atoms with Crippen LogP contribution < -0.4 is 5.32 Å². The summed E-state index contributed by atoms with van der Waals surface area (Å²) in [7, 11) is 0. The predicted octanol–water partition coefficient (Wildman–Crippen LogP) is 4.75. The first kappa shape index (κ1) is 16.3. The third-order valence-electron chi connectivity index (χ3n) is 4.63. The van der Waals surface area contributed by atoms with Gasteiger partial charge in [-0.2, -0.15) is 0 Å². The Morgan fingerprint density at radius 3 is 2.73 bits per heavy atom. The maximum absolute atomic E-state index is 11.6. The molecule has 0 unspecified atom stereocenters. The van der Waals surface area contributed by atoms with Crippen molar-refractivity contribution in [3.63, 3.8) is 0 Å². The van der Waals surface area contributed by atoms with E-state index in [2.05, 4.69) is 58.8 Å². The highest BCUT2D eigenvalue weighted by Crippen LogP contribution is 2.29. The molecule has 3 aromatic rings. The van der Waals surface area contributed by atoms with Gasteiger partial charge < -0.3 is 5.32 Å². The molecule has 0 bridgehead atoms. The van der Waals surface area contributed by atoms with Crippen LogP contribution in [0.2, 0.25) is 0 Å². The van der Waals surface area contributed by atoms with Gasteiger partial charge in [0.2, 0.25) is 5.91 Å². The number of carbonyl (C=O) groups is 1. The van der Waals surface area contributed by atoms with Crippen molar-refractivity contribution in [2.75, 3.05) is 5.32 Å². The van der Waals surface area contributed by atoms with E-state index in [1.54, 1.807) is 6.20 Å². The number of pyridine rings is 1. The van der Waals surface area contributed by atoms with E-state index in [4.69, 9.17) is 0 Å². The van der Waals surface area contributed by atoms with Gasteiger partial charge >= 0.3 is 0 Å². The van der Waals surface area contributed by atoms with Gasteiger partial charge in [0.05, 0.1) is 0 Å². The highest BCUT2D eigenvalue weighted by molar-refractivity contribution is 5.94. The largest absolute Gasteiger partial charge is 0.326 e. The van der Waals surface area contributed by atoms with Crippen molar-refractivity contribution >= 4 is 23.2 Å². The molecule has 128 valence electrons. The lowest BCUT2D eigenvalue weighted by atomic mass is 9.92. The molecule has 1 amide bonds. The molecule has 0 aliphatic carbocycles. The Morgan fingerprint density at radius 2 is 1.92 bits per heavy atom. The number of aromatic nitrogens is 1. The molecule has 1 N–H and O–H groups in total. The molecule has 0 radical (unpaired) electrons. The van der Waals surface area contributed by atoms with E-state index in [9.17, 15) is 4.79 Å². The molecule has 0 saturated carbocycles. The van der Waals surface area contributed by atoms with Gasteiger partial charge in [-0.1, -0.05) is 42.5 Å². The molecular formula is C23H20N2O. The quantitative estimate of drug-likeness (QED) is 0.745. The smallest absolute Gasteiger partial charge is 0.224 e. The Balaban J connectivity index is 1.73. The number of nitrogens with one attached hydrogen (secondary N) is 1. The van der Waals surface area contributed by atoms with Gasteiger partial charge in [-0.05, 0) is 64.9 Å². The Hall–Kier alpha value is -3.20. The van der Waals surface area contributed by atoms with Crippen LogP contribution in [0.5, 0.6) is 0 Å². The first-order valence-electron chi connectivity index (χ1n) is 8.85. The normalized spacial score (nSPS) is 13.8. The molecule has 0 spiro atoms. The Bertz CT molecular complexity index is 946. The van der Waals surface area contributed by atoms with Crippen LogP contribution in [0.3, 0.4) is 0 Å². The number of hydrogen-bond acceptors (Lipinski definition) is 2. The maximum atomic E-state index is 11.6. The first-order chi connectivity index (χ1) is 12.8. The summed E-state index contributed by atoms with van der Waals surface area (Å²) in [6.07, 6.45) is 8.06. The number of fused-ring (bicyclic) bond motifs is 1. The van der Waals surface area contributed by atoms with E-state index in [0.29, 0.717) is 6.42 Å². The molecule has 4 rings (SSSR count). The fourth-order valence-electron chi connectivity index (χ4n) is 3.30. The number of amides is 1. The topological polar surface area (TPSA) is 42.0 Å². The third-order valence-corrected chi connectivity index (χ3v) is 4.63. The summed E-state index contributed by atoms with van der Waals surface area (Å²) in [6, 6.07) is 20.8. The molecule has 0 fully saturated rings. The summed E-state index contributed by atoms with van der Waals surface area (Å²) in [5.41, 5.74) is 6.92. The van der Waals surface area contributed by atoms with Crippen molar-refractivity contribution in [3.05, 3.63) is 95.3 Å². The average molecular weight is 340 g/mol. The van der Waals surface area contributed by atoms with Gasteiger partial charge in [0.25, 0.3) is 0 Å². The maximum Gasteiger partial charge on any atom is 0.224 e. The van der Waals surface area contributed by atoms with Crippen LogP contribution in [0.15, 0.2) is 73.1 Å². The number of anilines is 1. The van der Waals surface area contributed by atoms with Gasteiger partial charge in [0.15, 0.2) is 0 Å². The zero-order chi connectivity index (χ0) is 17.8. The second kappa shape index (κ2) is 7.36. The van der Waals surface area contributed by atoms with Crippen LogP contribution in [-0.4, -0.2) is 10.9 Å². The summed E-state index contributed by atoms with van der Waals surface area (Å²) in [5, 5.41) is 2.96. The van der Waals surface area contributed by atoms with Crippen LogP contribution in [0.4, 0.5) is 5.69 Å². The SMILES string of the molecule is O=C1CCc2cc(/C(=C\c3cccnc3)Cc3ccccc3)ccc2N1. The number of rotatable bonds is 4. The van der Waals surface area contributed by atoms with Crippen LogP contribution in [0.25, 0.3) is 11.6 Å². The van der Waals surface area contributed by atoms with E-state index in [0.717, 1.165) is 24.1 Å². The van der Waals surface area contributed by atoms with Crippen molar-refractivity contribution in [1.82, 2.24) is 4.98 Å². The second-order valence-corrected chi connectivity index (χ2v) is 6.54. The molecule has 0 saturated heterocycles. The third kappa shape index (κ3) is 3.72. The van der Waals surface area contributed by atoms with Gasteiger partial charge in [-0.15, -0.1) is 0 Å². The Morgan fingerprint density at radius 1 is 1.04 bits per heavy atom. The van der Waals surface area contributed by atoms with E-state index >= 15 is 0 Å². The van der Waals surface area contributed by atoms with Crippen LogP contribution >= 0.6 is 0 Å². The first-order valence-corrected chi connectivity index (χ1v) is 8.85. The minimum absolute atomic E-state index is 0.0978. The molecule has 1 aliphatic rings. The molecule has 1 aromatic heterocycles. The highest BCUT2D eigenvalue weighted by Gasteiger charge is 2.16. The van der Waals surface area contributed by atoms with Crippen LogP contribution in [0.1, 0.15) is 28.7 Å². The molecule has 2 heterocycles. The van der Waals surface area contributed by atoms with Crippen molar-refractivity contribution < 1.29 is 4.79 Å².